The molecule has 6 heteroatoms. The summed E-state index contributed by atoms with van der Waals surface area (Å²) in [5, 5.41) is 7.12. The lowest BCUT2D eigenvalue weighted by atomic mass is 10.3. The van der Waals surface area contributed by atoms with E-state index in [2.05, 4.69) is 10.4 Å². The summed E-state index contributed by atoms with van der Waals surface area (Å²) >= 11 is 1.58. The molecule has 0 atom stereocenters. The van der Waals surface area contributed by atoms with Crippen LogP contribution in [-0.2, 0) is 6.54 Å². The number of carbonyl (C=O) groups is 1. The van der Waals surface area contributed by atoms with Gasteiger partial charge in [-0.05, 0) is 36.8 Å². The van der Waals surface area contributed by atoms with Crippen LogP contribution in [0.3, 0.4) is 0 Å². The third-order valence-corrected chi connectivity index (χ3v) is 5.01. The van der Waals surface area contributed by atoms with Crippen molar-refractivity contribution in [2.24, 2.45) is 0 Å². The zero-order valence-electron chi connectivity index (χ0n) is 15.1. The predicted molar refractivity (Wildman–Crippen MR) is 108 cm³/mol. The molecule has 138 valence electrons. The van der Waals surface area contributed by atoms with Crippen LogP contribution in [0, 0.1) is 0 Å². The molecule has 5 nitrogen and oxygen atoms in total. The molecule has 1 amide bonds. The van der Waals surface area contributed by atoms with E-state index in [0.717, 1.165) is 22.6 Å². The Hall–Kier alpha value is -2.86. The second-order valence-corrected chi connectivity index (χ2v) is 7.11. The summed E-state index contributed by atoms with van der Waals surface area (Å²) in [7, 11) is 0. The number of hydrogen-bond acceptors (Lipinski definition) is 4. The van der Waals surface area contributed by atoms with Crippen molar-refractivity contribution in [3.63, 3.8) is 0 Å². The van der Waals surface area contributed by atoms with Crippen LogP contribution in [0.1, 0.15) is 30.3 Å². The molecule has 2 aromatic carbocycles. The minimum Gasteiger partial charge on any atom is -0.320 e. The average molecular weight is 379 g/mol. The van der Waals surface area contributed by atoms with Crippen molar-refractivity contribution in [3.8, 4) is 0 Å². The first-order chi connectivity index (χ1) is 13.2. The molecule has 0 saturated heterocycles. The van der Waals surface area contributed by atoms with Crippen LogP contribution in [0.2, 0.25) is 0 Å². The van der Waals surface area contributed by atoms with Crippen molar-refractivity contribution >= 4 is 23.4 Å². The van der Waals surface area contributed by atoms with Gasteiger partial charge in [0.15, 0.2) is 0 Å². The summed E-state index contributed by atoms with van der Waals surface area (Å²) in [6.07, 6.45) is 1.79. The van der Waals surface area contributed by atoms with Gasteiger partial charge in [0.2, 0.25) is 0 Å². The first-order valence-electron chi connectivity index (χ1n) is 8.89. The van der Waals surface area contributed by atoms with Gasteiger partial charge in [-0.3, -0.25) is 9.59 Å². The molecule has 0 spiro atoms. The molecule has 1 heterocycles. The lowest BCUT2D eigenvalue weighted by molar-refractivity contribution is 0.101. The molecule has 0 unspecified atom stereocenters. The summed E-state index contributed by atoms with van der Waals surface area (Å²) < 4.78 is 1.35. The minimum absolute atomic E-state index is 0.194. The summed E-state index contributed by atoms with van der Waals surface area (Å²) in [6, 6.07) is 20.5. The molecular weight excluding hydrogens is 358 g/mol. The van der Waals surface area contributed by atoms with E-state index in [4.69, 9.17) is 0 Å². The minimum atomic E-state index is -0.332. The average Bonchev–Trinajstić information content (AvgIpc) is 2.69. The van der Waals surface area contributed by atoms with Crippen LogP contribution in [0.15, 0.2) is 81.3 Å². The molecule has 0 aliphatic rings. The Labute approximate surface area is 162 Å². The number of aryl methyl sites for hydroxylation is 1. The number of unbranched alkanes of at least 4 members (excludes halogenated alkanes) is 1. The highest BCUT2D eigenvalue weighted by Gasteiger charge is 2.12. The number of anilines is 1. The zero-order chi connectivity index (χ0) is 19.1. The van der Waals surface area contributed by atoms with E-state index in [-0.39, 0.29) is 17.2 Å². The first kappa shape index (κ1) is 18.9. The number of nitrogens with zero attached hydrogens (tertiary/aromatic N) is 2. The molecule has 0 fully saturated rings. The van der Waals surface area contributed by atoms with Crippen molar-refractivity contribution in [3.05, 3.63) is 82.8 Å². The fourth-order valence-corrected chi connectivity index (χ4v) is 3.42. The van der Waals surface area contributed by atoms with E-state index in [9.17, 15) is 9.59 Å². The molecular formula is C21H21N3O2S. The van der Waals surface area contributed by atoms with Crippen LogP contribution in [-0.4, -0.2) is 15.7 Å². The van der Waals surface area contributed by atoms with Crippen LogP contribution >= 0.6 is 11.8 Å². The van der Waals surface area contributed by atoms with Gasteiger partial charge in [-0.25, -0.2) is 4.68 Å². The molecule has 0 saturated carbocycles. The maximum Gasteiger partial charge on any atom is 0.276 e. The van der Waals surface area contributed by atoms with E-state index >= 15 is 0 Å². The number of carbonyl (C=O) groups excluding carboxylic acids is 1. The number of para-hydroxylation sites is 1. The number of rotatable bonds is 7. The number of hydrogen-bond donors (Lipinski definition) is 1. The van der Waals surface area contributed by atoms with Crippen LogP contribution in [0.25, 0.3) is 0 Å². The Morgan fingerprint density at radius 2 is 1.78 bits per heavy atom. The molecule has 3 aromatic rings. The van der Waals surface area contributed by atoms with Gasteiger partial charge in [-0.1, -0.05) is 55.4 Å². The van der Waals surface area contributed by atoms with E-state index in [1.807, 2.05) is 61.5 Å². The molecule has 1 N–H and O–H groups in total. The van der Waals surface area contributed by atoms with Crippen molar-refractivity contribution in [1.82, 2.24) is 9.78 Å². The van der Waals surface area contributed by atoms with Gasteiger partial charge in [-0.2, -0.15) is 5.10 Å². The Morgan fingerprint density at radius 3 is 2.56 bits per heavy atom. The molecule has 0 aliphatic heterocycles. The number of nitrogens with one attached hydrogen (secondary N) is 1. The highest BCUT2D eigenvalue weighted by atomic mass is 32.2. The van der Waals surface area contributed by atoms with E-state index in [1.165, 1.54) is 16.8 Å². The second kappa shape index (κ2) is 9.19. The zero-order valence-corrected chi connectivity index (χ0v) is 15.9. The molecule has 0 radical (unpaired) electrons. The van der Waals surface area contributed by atoms with Gasteiger partial charge in [-0.15, -0.1) is 0 Å². The maximum atomic E-state index is 12.7. The summed E-state index contributed by atoms with van der Waals surface area (Å²) in [5.74, 6) is -0.332. The van der Waals surface area contributed by atoms with Crippen LogP contribution < -0.4 is 10.9 Å². The Balaban J connectivity index is 1.79. The number of amides is 1. The summed E-state index contributed by atoms with van der Waals surface area (Å²) in [5.41, 5.74) is 0.745. The number of aromatic nitrogens is 2. The smallest absolute Gasteiger partial charge is 0.276 e. The van der Waals surface area contributed by atoms with Crippen molar-refractivity contribution in [1.29, 1.82) is 0 Å². The second-order valence-electron chi connectivity index (χ2n) is 6.00. The first-order valence-corrected chi connectivity index (χ1v) is 9.70. The predicted octanol–water partition coefficient (Wildman–Crippen LogP) is 4.45. The molecule has 1 aromatic heterocycles. The third-order valence-electron chi connectivity index (χ3n) is 3.93. The highest BCUT2D eigenvalue weighted by molar-refractivity contribution is 7.99. The van der Waals surface area contributed by atoms with Crippen LogP contribution in [0.4, 0.5) is 5.69 Å². The van der Waals surface area contributed by atoms with E-state index < -0.39 is 0 Å². The third kappa shape index (κ3) is 5.08. The number of benzene rings is 2. The van der Waals surface area contributed by atoms with Crippen molar-refractivity contribution in [2.45, 2.75) is 36.1 Å². The lowest BCUT2D eigenvalue weighted by Gasteiger charge is -2.11. The van der Waals surface area contributed by atoms with E-state index in [1.54, 1.807) is 11.8 Å². The fraction of sp³-hybridized carbons (Fsp3) is 0.190. The molecule has 0 bridgehead atoms. The van der Waals surface area contributed by atoms with Crippen molar-refractivity contribution < 1.29 is 4.79 Å². The Bertz CT molecular complexity index is 970. The quantitative estimate of drug-likeness (QED) is 0.659. The Kier molecular flexibility index (Phi) is 6.44. The largest absolute Gasteiger partial charge is 0.320 e. The Morgan fingerprint density at radius 1 is 1.04 bits per heavy atom. The van der Waals surface area contributed by atoms with Gasteiger partial charge in [0.25, 0.3) is 11.5 Å². The monoisotopic (exact) mass is 379 g/mol. The van der Waals surface area contributed by atoms with Crippen LogP contribution in [0.5, 0.6) is 0 Å². The molecule has 3 rings (SSSR count). The molecule has 0 aliphatic carbocycles. The SMILES string of the molecule is CCCCn1nc(C(=O)Nc2ccccc2Sc2ccccc2)ccc1=O. The highest BCUT2D eigenvalue weighted by Crippen LogP contribution is 2.33. The lowest BCUT2D eigenvalue weighted by Crippen LogP contribution is -2.26. The summed E-state index contributed by atoms with van der Waals surface area (Å²) in [6.45, 7) is 2.56. The van der Waals surface area contributed by atoms with Gasteiger partial charge in [0.1, 0.15) is 5.69 Å². The van der Waals surface area contributed by atoms with Gasteiger partial charge in [0.05, 0.1) is 5.69 Å². The standard InChI is InChI=1S/C21H21N3O2S/c1-2-3-15-24-20(25)14-13-18(23-24)21(26)22-17-11-7-8-12-19(17)27-16-9-5-4-6-10-16/h4-14H,2-3,15H2,1H3,(H,22,26). The van der Waals surface area contributed by atoms with Gasteiger partial charge >= 0.3 is 0 Å². The summed E-state index contributed by atoms with van der Waals surface area (Å²) in [4.78, 5) is 26.6. The van der Waals surface area contributed by atoms with Gasteiger partial charge in [0, 0.05) is 22.4 Å². The fourth-order valence-electron chi connectivity index (χ4n) is 2.50. The van der Waals surface area contributed by atoms with E-state index in [0.29, 0.717) is 12.2 Å². The van der Waals surface area contributed by atoms with Crippen molar-refractivity contribution in [2.75, 3.05) is 5.32 Å². The molecule has 27 heavy (non-hydrogen) atoms. The maximum absolute atomic E-state index is 12.7. The van der Waals surface area contributed by atoms with Gasteiger partial charge < -0.3 is 5.32 Å². The normalized spacial score (nSPS) is 10.6. The topological polar surface area (TPSA) is 64.0 Å².